The van der Waals surface area contributed by atoms with Gasteiger partial charge in [-0.25, -0.2) is 14.4 Å². The maximum Gasteiger partial charge on any atom is 0.412 e. The summed E-state index contributed by atoms with van der Waals surface area (Å²) >= 11 is 0. The number of para-hydroxylation sites is 2. The molecule has 0 bridgehead atoms. The molecule has 3 rings (SSSR count). The van der Waals surface area contributed by atoms with Gasteiger partial charge in [-0.3, -0.25) is 10.1 Å². The predicted octanol–water partition coefficient (Wildman–Crippen LogP) is 6.61. The number of carbonyl (C=O) groups excluding carboxylic acids is 4. The lowest BCUT2D eigenvalue weighted by atomic mass is 10.1. The van der Waals surface area contributed by atoms with Crippen LogP contribution in [0.3, 0.4) is 0 Å². The average molecular weight is 610 g/mol. The van der Waals surface area contributed by atoms with Crippen molar-refractivity contribution in [3.05, 3.63) is 59.7 Å². The van der Waals surface area contributed by atoms with Crippen molar-refractivity contribution in [3.8, 4) is 0 Å². The molecule has 0 saturated heterocycles. The van der Waals surface area contributed by atoms with Crippen molar-refractivity contribution in [2.24, 2.45) is 0 Å². The number of hydrogen-bond donors (Lipinski definition) is 3. The number of nitrogens with zero attached hydrogens (tertiary/aromatic N) is 2. The largest absolute Gasteiger partial charge is 0.444 e. The Morgan fingerprint density at radius 1 is 0.795 bits per heavy atom. The molecular formula is C33H47N5O6. The van der Waals surface area contributed by atoms with Crippen molar-refractivity contribution in [2.45, 2.75) is 91.0 Å². The van der Waals surface area contributed by atoms with Crippen LogP contribution < -0.4 is 16.0 Å². The summed E-state index contributed by atoms with van der Waals surface area (Å²) < 4.78 is 10.8. The summed E-state index contributed by atoms with van der Waals surface area (Å²) in [7, 11) is 1.65. The lowest BCUT2D eigenvalue weighted by Gasteiger charge is -2.29. The van der Waals surface area contributed by atoms with Crippen LogP contribution >= 0.6 is 0 Å². The molecule has 11 nitrogen and oxygen atoms in total. The SMILES string of the molecule is CN(CCN(Cc1ccc(C(=O)Nc2ccccc2NC(=O)OC(C)(C)C)cc1)C(=O)NC1CCCC1)C(=O)OC(C)(C)C. The second-order valence-corrected chi connectivity index (χ2v) is 13.1. The maximum atomic E-state index is 13.3. The third kappa shape index (κ3) is 11.4. The van der Waals surface area contributed by atoms with Crippen LogP contribution in [-0.4, -0.2) is 71.3 Å². The average Bonchev–Trinajstić information content (AvgIpc) is 3.43. The highest BCUT2D eigenvalue weighted by atomic mass is 16.6. The van der Waals surface area contributed by atoms with Crippen LogP contribution in [0.1, 0.15) is 83.1 Å². The van der Waals surface area contributed by atoms with Gasteiger partial charge in [0.1, 0.15) is 11.2 Å². The van der Waals surface area contributed by atoms with Crippen molar-refractivity contribution in [3.63, 3.8) is 0 Å². The van der Waals surface area contributed by atoms with E-state index >= 15 is 0 Å². The fraction of sp³-hybridized carbons (Fsp3) is 0.515. The van der Waals surface area contributed by atoms with Crippen LogP contribution in [0, 0.1) is 0 Å². The Labute approximate surface area is 260 Å². The first-order valence-electron chi connectivity index (χ1n) is 15.1. The molecule has 0 aromatic heterocycles. The van der Waals surface area contributed by atoms with Crippen molar-refractivity contribution >= 4 is 35.5 Å². The zero-order valence-electron chi connectivity index (χ0n) is 27.0. The Morgan fingerprint density at radius 2 is 1.36 bits per heavy atom. The van der Waals surface area contributed by atoms with E-state index in [0.29, 0.717) is 36.6 Å². The van der Waals surface area contributed by atoms with E-state index in [4.69, 9.17) is 9.47 Å². The number of anilines is 2. The van der Waals surface area contributed by atoms with Crippen LogP contribution in [0.4, 0.5) is 25.8 Å². The molecule has 0 unspecified atom stereocenters. The van der Waals surface area contributed by atoms with E-state index in [1.165, 1.54) is 4.90 Å². The normalized spacial score (nSPS) is 13.5. The summed E-state index contributed by atoms with van der Waals surface area (Å²) in [5.74, 6) is -0.357. The minimum Gasteiger partial charge on any atom is -0.444 e. The zero-order chi connectivity index (χ0) is 32.5. The van der Waals surface area contributed by atoms with Crippen LogP contribution in [-0.2, 0) is 16.0 Å². The van der Waals surface area contributed by atoms with Crippen molar-refractivity contribution in [1.29, 1.82) is 0 Å². The third-order valence-corrected chi connectivity index (χ3v) is 6.78. The molecule has 0 aliphatic heterocycles. The van der Waals surface area contributed by atoms with Gasteiger partial charge < -0.3 is 29.9 Å². The summed E-state index contributed by atoms with van der Waals surface area (Å²) in [5, 5.41) is 8.64. The van der Waals surface area contributed by atoms with Gasteiger partial charge >= 0.3 is 18.2 Å². The Hall–Kier alpha value is -4.28. The number of benzene rings is 2. The Morgan fingerprint density at radius 3 is 1.93 bits per heavy atom. The fourth-order valence-corrected chi connectivity index (χ4v) is 4.58. The van der Waals surface area contributed by atoms with Crippen molar-refractivity contribution < 1.29 is 28.7 Å². The van der Waals surface area contributed by atoms with E-state index in [2.05, 4.69) is 16.0 Å². The second kappa shape index (κ2) is 14.9. The summed E-state index contributed by atoms with van der Waals surface area (Å²) in [6.07, 6.45) is 3.03. The molecule has 1 aliphatic rings. The molecule has 11 heteroatoms. The summed E-state index contributed by atoms with van der Waals surface area (Å²) in [4.78, 5) is 54.2. The Kier molecular flexibility index (Phi) is 11.6. The highest BCUT2D eigenvalue weighted by Gasteiger charge is 2.24. The molecule has 0 radical (unpaired) electrons. The maximum absolute atomic E-state index is 13.3. The highest BCUT2D eigenvalue weighted by Crippen LogP contribution is 2.23. The standard InChI is InChI=1S/C33H47N5O6/c1-32(2,3)43-30(41)36-27-15-11-10-14-26(27)35-28(39)24-18-16-23(17-19-24)22-38(29(40)34-25-12-8-9-13-25)21-20-37(7)31(42)44-33(4,5)6/h10-11,14-19,25H,8-9,12-13,20-22H2,1-7H3,(H,34,40)(H,35,39)(H,36,41). The van der Waals surface area contributed by atoms with Gasteiger partial charge in [0.25, 0.3) is 5.91 Å². The quantitative estimate of drug-likeness (QED) is 0.294. The number of carbonyl (C=O) groups is 4. The van der Waals surface area contributed by atoms with E-state index < -0.39 is 23.4 Å². The monoisotopic (exact) mass is 609 g/mol. The number of amides is 5. The molecule has 3 N–H and O–H groups in total. The molecule has 1 fully saturated rings. The van der Waals surface area contributed by atoms with Crippen molar-refractivity contribution in [1.82, 2.24) is 15.1 Å². The van der Waals surface area contributed by atoms with E-state index in [0.717, 1.165) is 31.2 Å². The number of urea groups is 1. The van der Waals surface area contributed by atoms with Gasteiger partial charge in [0.05, 0.1) is 11.4 Å². The van der Waals surface area contributed by atoms with Crippen LogP contribution in [0.2, 0.25) is 0 Å². The molecule has 5 amide bonds. The van der Waals surface area contributed by atoms with Gasteiger partial charge in [0.2, 0.25) is 0 Å². The molecule has 0 heterocycles. The van der Waals surface area contributed by atoms with Crippen molar-refractivity contribution in [2.75, 3.05) is 30.8 Å². The Balaban J connectivity index is 1.66. The van der Waals surface area contributed by atoms with Gasteiger partial charge in [-0.05, 0) is 84.2 Å². The number of hydrogen-bond acceptors (Lipinski definition) is 6. The van der Waals surface area contributed by atoms with Gasteiger partial charge in [-0.15, -0.1) is 0 Å². The minimum atomic E-state index is -0.662. The van der Waals surface area contributed by atoms with E-state index in [-0.39, 0.29) is 18.0 Å². The lowest BCUT2D eigenvalue weighted by molar-refractivity contribution is 0.0286. The zero-order valence-corrected chi connectivity index (χ0v) is 27.0. The summed E-state index contributed by atoms with van der Waals surface area (Å²) in [5.41, 5.74) is 0.797. The van der Waals surface area contributed by atoms with Crippen LogP contribution in [0.15, 0.2) is 48.5 Å². The van der Waals surface area contributed by atoms with Gasteiger partial charge in [-0.2, -0.15) is 0 Å². The lowest BCUT2D eigenvalue weighted by Crippen LogP contribution is -2.47. The Bertz CT molecular complexity index is 1290. The first-order chi connectivity index (χ1) is 20.6. The van der Waals surface area contributed by atoms with Crippen LogP contribution in [0.25, 0.3) is 0 Å². The number of likely N-dealkylation sites (N-methyl/N-ethyl adjacent to an activating group) is 1. The first-order valence-corrected chi connectivity index (χ1v) is 15.1. The van der Waals surface area contributed by atoms with Crippen LogP contribution in [0.5, 0.6) is 0 Å². The molecule has 240 valence electrons. The molecule has 1 aliphatic carbocycles. The van der Waals surface area contributed by atoms with Gasteiger partial charge in [-0.1, -0.05) is 37.1 Å². The number of rotatable bonds is 9. The number of ether oxygens (including phenoxy) is 2. The first kappa shape index (κ1) is 34.2. The minimum absolute atomic E-state index is 0.146. The molecule has 0 spiro atoms. The van der Waals surface area contributed by atoms with E-state index in [1.54, 1.807) is 81.2 Å². The molecule has 44 heavy (non-hydrogen) atoms. The molecule has 0 atom stereocenters. The topological polar surface area (TPSA) is 129 Å². The second-order valence-electron chi connectivity index (χ2n) is 13.1. The predicted molar refractivity (Wildman–Crippen MR) is 171 cm³/mol. The fourth-order valence-electron chi connectivity index (χ4n) is 4.58. The molecule has 2 aromatic carbocycles. The molecular weight excluding hydrogens is 562 g/mol. The van der Waals surface area contributed by atoms with Gasteiger partial charge in [0, 0.05) is 38.3 Å². The summed E-state index contributed by atoms with van der Waals surface area (Å²) in [6, 6.07) is 13.8. The van der Waals surface area contributed by atoms with Gasteiger partial charge in [0.15, 0.2) is 0 Å². The summed E-state index contributed by atoms with van der Waals surface area (Å²) in [6.45, 7) is 11.6. The third-order valence-electron chi connectivity index (χ3n) is 6.78. The van der Waals surface area contributed by atoms with E-state index in [9.17, 15) is 19.2 Å². The molecule has 1 saturated carbocycles. The smallest absolute Gasteiger partial charge is 0.412 e. The highest BCUT2D eigenvalue weighted by molar-refractivity contribution is 6.06. The molecule has 2 aromatic rings. The number of nitrogens with one attached hydrogen (secondary N) is 3. The van der Waals surface area contributed by atoms with E-state index in [1.807, 2.05) is 20.8 Å².